The molecule has 7 nitrogen and oxygen atoms in total. The summed E-state index contributed by atoms with van der Waals surface area (Å²) >= 11 is 0. The van der Waals surface area contributed by atoms with E-state index in [2.05, 4.69) is 27.0 Å². The maximum atomic E-state index is 11.9. The number of methoxy groups -OCH3 is 2. The minimum Gasteiger partial charge on any atom is -0.469 e. The van der Waals surface area contributed by atoms with Crippen LogP contribution in [0.3, 0.4) is 0 Å². The molecule has 2 heterocycles. The maximum absolute atomic E-state index is 11.9. The number of nitrogens with zero attached hydrogens (tertiary/aromatic N) is 3. The summed E-state index contributed by atoms with van der Waals surface area (Å²) in [6.45, 7) is 8.68. The predicted molar refractivity (Wildman–Crippen MR) is 114 cm³/mol. The highest BCUT2D eigenvalue weighted by Gasteiger charge is 2.37. The van der Waals surface area contributed by atoms with Gasteiger partial charge in [0.15, 0.2) is 5.96 Å². The molecule has 2 atom stereocenters. The molecule has 2 aliphatic heterocycles. The number of carbonyl (C=O) groups is 1. The molecular weight excluding hydrogens is 447 g/mol. The number of aliphatic imine (C=N–C) groups is 1. The third kappa shape index (κ3) is 6.53. The van der Waals surface area contributed by atoms with Crippen molar-refractivity contribution in [2.24, 2.45) is 22.7 Å². The minimum absolute atomic E-state index is 0. The number of rotatable bonds is 6. The summed E-state index contributed by atoms with van der Waals surface area (Å²) in [7, 11) is 5.03. The van der Waals surface area contributed by atoms with E-state index in [-0.39, 0.29) is 41.8 Å². The largest absolute Gasteiger partial charge is 0.469 e. The van der Waals surface area contributed by atoms with Crippen LogP contribution in [0.2, 0.25) is 0 Å². The average molecular weight is 482 g/mol. The quantitative estimate of drug-likeness (QED) is 0.266. The molecule has 2 rings (SSSR count). The molecule has 2 unspecified atom stereocenters. The van der Waals surface area contributed by atoms with E-state index in [1.54, 1.807) is 7.11 Å². The molecule has 1 N–H and O–H groups in total. The lowest BCUT2D eigenvalue weighted by Gasteiger charge is -2.32. The number of halogens is 1. The van der Waals surface area contributed by atoms with Gasteiger partial charge in [0.25, 0.3) is 0 Å². The number of hydrogen-bond acceptors (Lipinski definition) is 5. The summed E-state index contributed by atoms with van der Waals surface area (Å²) in [4.78, 5) is 20.9. The zero-order valence-corrected chi connectivity index (χ0v) is 18.9. The Morgan fingerprint density at radius 3 is 2.50 bits per heavy atom. The molecule has 2 aliphatic rings. The van der Waals surface area contributed by atoms with E-state index in [4.69, 9.17) is 9.47 Å². The van der Waals surface area contributed by atoms with Crippen LogP contribution in [0.5, 0.6) is 0 Å². The molecule has 8 heteroatoms. The van der Waals surface area contributed by atoms with Gasteiger partial charge in [0, 0.05) is 40.3 Å². The van der Waals surface area contributed by atoms with Gasteiger partial charge in [-0.1, -0.05) is 6.92 Å². The highest BCUT2D eigenvalue weighted by molar-refractivity contribution is 14.0. The minimum atomic E-state index is -0.117. The van der Waals surface area contributed by atoms with E-state index in [1.165, 1.54) is 20.0 Å². The molecule has 0 amide bonds. The fourth-order valence-electron chi connectivity index (χ4n) is 3.80. The molecule has 0 spiro atoms. The summed E-state index contributed by atoms with van der Waals surface area (Å²) in [5, 5.41) is 3.52. The van der Waals surface area contributed by atoms with Crippen molar-refractivity contribution >= 4 is 35.9 Å². The van der Waals surface area contributed by atoms with Gasteiger partial charge in [-0.2, -0.15) is 0 Å². The number of piperidine rings is 1. The third-order valence-electron chi connectivity index (χ3n) is 5.50. The molecule has 2 fully saturated rings. The fraction of sp³-hybridized carbons (Fsp3) is 0.889. The van der Waals surface area contributed by atoms with Crippen LogP contribution in [0.1, 0.15) is 19.8 Å². The van der Waals surface area contributed by atoms with Crippen LogP contribution in [0.25, 0.3) is 0 Å². The Morgan fingerprint density at radius 1 is 1.23 bits per heavy atom. The lowest BCUT2D eigenvalue weighted by Crippen LogP contribution is -2.44. The summed E-state index contributed by atoms with van der Waals surface area (Å²) in [5.74, 6) is 1.68. The van der Waals surface area contributed by atoms with Crippen LogP contribution < -0.4 is 5.32 Å². The van der Waals surface area contributed by atoms with E-state index < -0.39 is 0 Å². The number of hydrogen-bond donors (Lipinski definition) is 1. The van der Waals surface area contributed by atoms with Crippen LogP contribution >= 0.6 is 24.0 Å². The van der Waals surface area contributed by atoms with E-state index >= 15 is 0 Å². The van der Waals surface area contributed by atoms with Crippen molar-refractivity contribution in [2.45, 2.75) is 19.8 Å². The van der Waals surface area contributed by atoms with Gasteiger partial charge in [0.1, 0.15) is 0 Å². The van der Waals surface area contributed by atoms with Crippen LogP contribution in [0, 0.1) is 17.8 Å². The van der Waals surface area contributed by atoms with Gasteiger partial charge in [-0.15, -0.1) is 24.0 Å². The Bertz CT molecular complexity index is 456. The Hall–Kier alpha value is -0.610. The number of esters is 1. The normalized spacial score (nSPS) is 25.1. The molecule has 0 aliphatic carbocycles. The zero-order chi connectivity index (χ0) is 18.2. The number of carbonyl (C=O) groups excluding carboxylic acids is 1. The lowest BCUT2D eigenvalue weighted by molar-refractivity contribution is -0.145. The fourth-order valence-corrected chi connectivity index (χ4v) is 3.80. The Balaban J connectivity index is 0.00000338. The summed E-state index contributed by atoms with van der Waals surface area (Å²) < 4.78 is 10.1. The van der Waals surface area contributed by atoms with Crippen molar-refractivity contribution in [2.75, 3.05) is 67.1 Å². The second-order valence-electron chi connectivity index (χ2n) is 7.22. The Kier molecular flexibility index (Phi) is 10.8. The molecule has 0 saturated carbocycles. The second kappa shape index (κ2) is 12.0. The smallest absolute Gasteiger partial charge is 0.310 e. The van der Waals surface area contributed by atoms with Gasteiger partial charge in [-0.25, -0.2) is 0 Å². The first-order chi connectivity index (χ1) is 12.1. The molecule has 0 aromatic carbocycles. The number of likely N-dealkylation sites (tertiary alicyclic amines) is 2. The summed E-state index contributed by atoms with van der Waals surface area (Å²) in [5.41, 5.74) is 0. The Morgan fingerprint density at radius 2 is 1.92 bits per heavy atom. The van der Waals surface area contributed by atoms with Gasteiger partial charge in [0.05, 0.1) is 19.6 Å². The summed E-state index contributed by atoms with van der Waals surface area (Å²) in [6.07, 6.45) is 2.41. The van der Waals surface area contributed by atoms with Crippen LogP contribution in [0.4, 0.5) is 0 Å². The average Bonchev–Trinajstić information content (AvgIpc) is 3.02. The highest BCUT2D eigenvalue weighted by atomic mass is 127. The van der Waals surface area contributed by atoms with Crippen molar-refractivity contribution in [3.05, 3.63) is 0 Å². The molecule has 152 valence electrons. The second-order valence-corrected chi connectivity index (χ2v) is 7.22. The molecule has 0 aromatic heterocycles. The van der Waals surface area contributed by atoms with Gasteiger partial charge < -0.3 is 24.6 Å². The zero-order valence-electron chi connectivity index (χ0n) is 16.6. The van der Waals surface area contributed by atoms with E-state index in [0.717, 1.165) is 45.3 Å². The molecule has 0 bridgehead atoms. The van der Waals surface area contributed by atoms with Gasteiger partial charge in [-0.3, -0.25) is 9.79 Å². The highest BCUT2D eigenvalue weighted by Crippen LogP contribution is 2.24. The van der Waals surface area contributed by atoms with E-state index in [1.807, 2.05) is 7.05 Å². The first-order valence-electron chi connectivity index (χ1n) is 9.33. The Labute approximate surface area is 174 Å². The molecule has 0 aromatic rings. The molecular formula is C18H35IN4O3. The van der Waals surface area contributed by atoms with Crippen molar-refractivity contribution < 1.29 is 14.3 Å². The van der Waals surface area contributed by atoms with Crippen molar-refractivity contribution in [3.8, 4) is 0 Å². The third-order valence-corrected chi connectivity index (χ3v) is 5.50. The molecule has 2 saturated heterocycles. The van der Waals surface area contributed by atoms with Crippen molar-refractivity contribution in [3.63, 3.8) is 0 Å². The van der Waals surface area contributed by atoms with Gasteiger partial charge >= 0.3 is 5.97 Å². The summed E-state index contributed by atoms with van der Waals surface area (Å²) in [6, 6.07) is 0. The number of guanidine groups is 1. The first kappa shape index (κ1) is 23.4. The van der Waals surface area contributed by atoms with Crippen molar-refractivity contribution in [1.29, 1.82) is 0 Å². The predicted octanol–water partition coefficient (Wildman–Crippen LogP) is 1.28. The standard InChI is InChI=1S/C18H34N4O3.HI/c1-14-12-22(13-16(14)17(23)25-4)18(19-2)20-11-15-5-7-21(8-6-15)9-10-24-3;/h14-16H,5-13H2,1-4H3,(H,19,20);1H. The van der Waals surface area contributed by atoms with Gasteiger partial charge in [0.2, 0.25) is 0 Å². The van der Waals surface area contributed by atoms with Crippen molar-refractivity contribution in [1.82, 2.24) is 15.1 Å². The molecule has 26 heavy (non-hydrogen) atoms. The molecule has 0 radical (unpaired) electrons. The number of nitrogens with one attached hydrogen (secondary N) is 1. The maximum Gasteiger partial charge on any atom is 0.310 e. The lowest BCUT2D eigenvalue weighted by atomic mass is 9.97. The first-order valence-corrected chi connectivity index (χ1v) is 9.33. The van der Waals surface area contributed by atoms with Crippen LogP contribution in [-0.2, 0) is 14.3 Å². The monoisotopic (exact) mass is 482 g/mol. The van der Waals surface area contributed by atoms with E-state index in [0.29, 0.717) is 12.5 Å². The van der Waals surface area contributed by atoms with E-state index in [9.17, 15) is 4.79 Å². The van der Waals surface area contributed by atoms with Crippen LogP contribution in [-0.4, -0.2) is 88.9 Å². The van der Waals surface area contributed by atoms with Crippen LogP contribution in [0.15, 0.2) is 4.99 Å². The van der Waals surface area contributed by atoms with Gasteiger partial charge in [-0.05, 0) is 37.8 Å². The topological polar surface area (TPSA) is 66.4 Å². The SMILES string of the molecule is CN=C(NCC1CCN(CCOC)CC1)N1CC(C)C(C(=O)OC)C1.I. The number of ether oxygens (including phenoxy) is 2.